The van der Waals surface area contributed by atoms with Crippen molar-refractivity contribution in [1.29, 1.82) is 0 Å². The lowest BCUT2D eigenvalue weighted by molar-refractivity contribution is -0.122. The number of amides is 2. The molecule has 0 bridgehead atoms. The molecular formula is C13H25N3O2. The van der Waals surface area contributed by atoms with Crippen molar-refractivity contribution in [2.75, 3.05) is 26.2 Å². The van der Waals surface area contributed by atoms with Gasteiger partial charge in [-0.2, -0.15) is 0 Å². The minimum Gasteiger partial charge on any atom is -0.356 e. The zero-order chi connectivity index (χ0) is 13.2. The quantitative estimate of drug-likeness (QED) is 0.617. The van der Waals surface area contributed by atoms with Crippen LogP contribution in [0, 0.1) is 5.92 Å². The first-order valence-electron chi connectivity index (χ1n) is 6.96. The van der Waals surface area contributed by atoms with Crippen molar-refractivity contribution in [3.8, 4) is 0 Å². The van der Waals surface area contributed by atoms with Crippen molar-refractivity contribution in [3.05, 3.63) is 0 Å². The number of rotatable bonds is 7. The maximum Gasteiger partial charge on any atom is 0.221 e. The summed E-state index contributed by atoms with van der Waals surface area (Å²) in [6, 6.07) is 0. The molecule has 0 spiro atoms. The molecule has 1 saturated heterocycles. The minimum absolute atomic E-state index is 0.00356. The number of nitrogens with one attached hydrogen (secondary N) is 3. The smallest absolute Gasteiger partial charge is 0.221 e. The monoisotopic (exact) mass is 255 g/mol. The molecule has 3 N–H and O–H groups in total. The molecule has 1 rings (SSSR count). The van der Waals surface area contributed by atoms with E-state index in [-0.39, 0.29) is 11.8 Å². The molecule has 0 radical (unpaired) electrons. The van der Waals surface area contributed by atoms with Crippen molar-refractivity contribution in [1.82, 2.24) is 16.0 Å². The van der Waals surface area contributed by atoms with E-state index in [1.165, 1.54) is 12.8 Å². The topological polar surface area (TPSA) is 70.2 Å². The highest BCUT2D eigenvalue weighted by molar-refractivity contribution is 5.78. The number of carbonyl (C=O) groups is 2. The Hall–Kier alpha value is -1.10. The average molecular weight is 255 g/mol. The maximum atomic E-state index is 11.6. The second-order valence-electron chi connectivity index (χ2n) is 4.79. The first kappa shape index (κ1) is 15.0. The molecular weight excluding hydrogens is 230 g/mol. The van der Waals surface area contributed by atoms with Crippen LogP contribution in [0.5, 0.6) is 0 Å². The largest absolute Gasteiger partial charge is 0.356 e. The number of hydrogen-bond acceptors (Lipinski definition) is 3. The Morgan fingerprint density at radius 1 is 1.11 bits per heavy atom. The van der Waals surface area contributed by atoms with Gasteiger partial charge in [0.05, 0.1) is 0 Å². The third-order valence-electron chi connectivity index (χ3n) is 3.29. The van der Waals surface area contributed by atoms with Crippen LogP contribution in [0.4, 0.5) is 0 Å². The highest BCUT2D eigenvalue weighted by atomic mass is 16.2. The van der Waals surface area contributed by atoms with Gasteiger partial charge in [0.1, 0.15) is 0 Å². The van der Waals surface area contributed by atoms with Crippen molar-refractivity contribution < 1.29 is 9.59 Å². The molecule has 0 aromatic rings. The summed E-state index contributed by atoms with van der Waals surface area (Å²) in [4.78, 5) is 22.7. The van der Waals surface area contributed by atoms with Crippen LogP contribution in [-0.4, -0.2) is 38.0 Å². The van der Waals surface area contributed by atoms with E-state index in [0.29, 0.717) is 31.8 Å². The van der Waals surface area contributed by atoms with E-state index >= 15 is 0 Å². The van der Waals surface area contributed by atoms with Crippen molar-refractivity contribution in [3.63, 3.8) is 0 Å². The van der Waals surface area contributed by atoms with Crippen LogP contribution in [0.3, 0.4) is 0 Å². The lowest BCUT2D eigenvalue weighted by Gasteiger charge is -2.22. The van der Waals surface area contributed by atoms with E-state index in [2.05, 4.69) is 16.0 Å². The van der Waals surface area contributed by atoms with Crippen LogP contribution in [0.15, 0.2) is 0 Å². The summed E-state index contributed by atoms with van der Waals surface area (Å²) in [5.41, 5.74) is 0. The van der Waals surface area contributed by atoms with Gasteiger partial charge in [-0.15, -0.1) is 0 Å². The molecule has 5 heteroatoms. The fourth-order valence-electron chi connectivity index (χ4n) is 2.19. The summed E-state index contributed by atoms with van der Waals surface area (Å²) < 4.78 is 0. The van der Waals surface area contributed by atoms with E-state index in [9.17, 15) is 9.59 Å². The molecule has 104 valence electrons. The molecule has 1 aliphatic rings. The molecule has 5 nitrogen and oxygen atoms in total. The normalized spacial score (nSPS) is 16.3. The predicted molar refractivity (Wildman–Crippen MR) is 71.1 cm³/mol. The Bertz CT molecular complexity index is 263. The Labute approximate surface area is 109 Å². The molecule has 0 aliphatic carbocycles. The van der Waals surface area contributed by atoms with Gasteiger partial charge in [0, 0.05) is 25.9 Å². The molecule has 0 atom stereocenters. The molecule has 1 aliphatic heterocycles. The number of piperidine rings is 1. The summed E-state index contributed by atoms with van der Waals surface area (Å²) in [7, 11) is 0. The van der Waals surface area contributed by atoms with Gasteiger partial charge < -0.3 is 16.0 Å². The zero-order valence-corrected chi connectivity index (χ0v) is 11.3. The minimum atomic E-state index is -0.00356. The summed E-state index contributed by atoms with van der Waals surface area (Å²) in [6.07, 6.45) is 4.26. The molecule has 1 heterocycles. The Kier molecular flexibility index (Phi) is 7.41. The van der Waals surface area contributed by atoms with Gasteiger partial charge in [0.2, 0.25) is 11.8 Å². The van der Waals surface area contributed by atoms with Crippen LogP contribution in [-0.2, 0) is 9.59 Å². The Morgan fingerprint density at radius 2 is 1.78 bits per heavy atom. The van der Waals surface area contributed by atoms with Gasteiger partial charge in [0.25, 0.3) is 0 Å². The van der Waals surface area contributed by atoms with Gasteiger partial charge in [-0.25, -0.2) is 0 Å². The fourth-order valence-corrected chi connectivity index (χ4v) is 2.19. The van der Waals surface area contributed by atoms with E-state index in [1.807, 2.05) is 6.92 Å². The highest BCUT2D eigenvalue weighted by Crippen LogP contribution is 2.17. The lowest BCUT2D eigenvalue weighted by atomic mass is 9.93. The first-order valence-corrected chi connectivity index (χ1v) is 6.96. The third kappa shape index (κ3) is 6.59. The lowest BCUT2D eigenvalue weighted by Crippen LogP contribution is -2.31. The van der Waals surface area contributed by atoms with Crippen LogP contribution in [0.25, 0.3) is 0 Å². The standard InChI is InChI=1S/C13H25N3O2/c1-2-15-13(18)7-10-16-12(17)4-3-11-5-8-14-9-6-11/h11,14H,2-10H2,1H3,(H,15,18)(H,16,17). The van der Waals surface area contributed by atoms with E-state index in [1.54, 1.807) is 0 Å². The summed E-state index contributed by atoms with van der Waals surface area (Å²) >= 11 is 0. The Balaban J connectivity index is 2.01. The van der Waals surface area contributed by atoms with Gasteiger partial charge in [-0.1, -0.05) is 0 Å². The molecule has 1 fully saturated rings. The van der Waals surface area contributed by atoms with Crippen LogP contribution in [0.1, 0.15) is 39.0 Å². The van der Waals surface area contributed by atoms with Crippen LogP contribution < -0.4 is 16.0 Å². The second kappa shape index (κ2) is 8.91. The maximum absolute atomic E-state index is 11.6. The molecule has 0 aromatic carbocycles. The Morgan fingerprint density at radius 3 is 2.44 bits per heavy atom. The summed E-state index contributed by atoms with van der Waals surface area (Å²) in [5, 5.41) is 8.82. The third-order valence-corrected chi connectivity index (χ3v) is 3.29. The van der Waals surface area contributed by atoms with Crippen molar-refractivity contribution >= 4 is 11.8 Å². The molecule has 0 aromatic heterocycles. The van der Waals surface area contributed by atoms with Gasteiger partial charge in [0.15, 0.2) is 0 Å². The van der Waals surface area contributed by atoms with Crippen molar-refractivity contribution in [2.45, 2.75) is 39.0 Å². The average Bonchev–Trinajstić information content (AvgIpc) is 2.38. The second-order valence-corrected chi connectivity index (χ2v) is 4.79. The molecule has 0 saturated carbocycles. The molecule has 2 amide bonds. The summed E-state index contributed by atoms with van der Waals surface area (Å²) in [6.45, 7) is 5.11. The number of carbonyl (C=O) groups excluding carboxylic acids is 2. The van der Waals surface area contributed by atoms with Gasteiger partial charge in [-0.05, 0) is 45.2 Å². The fraction of sp³-hybridized carbons (Fsp3) is 0.846. The van der Waals surface area contributed by atoms with E-state index in [4.69, 9.17) is 0 Å². The van der Waals surface area contributed by atoms with E-state index < -0.39 is 0 Å². The number of hydrogen-bond donors (Lipinski definition) is 3. The SMILES string of the molecule is CCNC(=O)CCNC(=O)CCC1CCNCC1. The molecule has 18 heavy (non-hydrogen) atoms. The van der Waals surface area contributed by atoms with Crippen molar-refractivity contribution in [2.24, 2.45) is 5.92 Å². The predicted octanol–water partition coefficient (Wildman–Crippen LogP) is 0.409. The highest BCUT2D eigenvalue weighted by Gasteiger charge is 2.14. The zero-order valence-electron chi connectivity index (χ0n) is 11.3. The van der Waals surface area contributed by atoms with Gasteiger partial charge >= 0.3 is 0 Å². The van der Waals surface area contributed by atoms with Gasteiger partial charge in [-0.3, -0.25) is 9.59 Å². The van der Waals surface area contributed by atoms with Crippen LogP contribution >= 0.6 is 0 Å². The van der Waals surface area contributed by atoms with E-state index in [0.717, 1.165) is 19.5 Å². The molecule has 0 unspecified atom stereocenters. The summed E-state index contributed by atoms with van der Waals surface area (Å²) in [5.74, 6) is 0.745. The first-order chi connectivity index (χ1) is 8.72. The van der Waals surface area contributed by atoms with Crippen LogP contribution in [0.2, 0.25) is 0 Å².